The third kappa shape index (κ3) is 5.83. The van der Waals surface area contributed by atoms with Gasteiger partial charge in [0, 0.05) is 17.5 Å². The Kier molecular flexibility index (Phi) is 6.63. The van der Waals surface area contributed by atoms with Crippen molar-refractivity contribution in [2.24, 2.45) is 0 Å². The maximum Gasteiger partial charge on any atom is 0.223 e. The number of aryl methyl sites for hydroxylation is 3. The van der Waals surface area contributed by atoms with Crippen LogP contribution in [0.1, 0.15) is 55.6 Å². The zero-order valence-corrected chi connectivity index (χ0v) is 19.1. The monoisotopic (exact) mass is 406 g/mol. The first kappa shape index (κ1) is 21.4. The third-order valence-corrected chi connectivity index (χ3v) is 5.90. The van der Waals surface area contributed by atoms with Gasteiger partial charge in [0.05, 0.1) is 0 Å². The van der Waals surface area contributed by atoms with Crippen LogP contribution >= 0.6 is 11.8 Å². The maximum atomic E-state index is 6.04. The van der Waals surface area contributed by atoms with E-state index in [2.05, 4.69) is 81.8 Å². The third-order valence-electron chi connectivity index (χ3n) is 4.99. The first-order valence-electron chi connectivity index (χ1n) is 10.1. The zero-order chi connectivity index (χ0) is 21.0. The van der Waals surface area contributed by atoms with Crippen LogP contribution in [0.15, 0.2) is 53.7 Å². The predicted octanol–water partition coefficient (Wildman–Crippen LogP) is 7.04. The Morgan fingerprint density at radius 3 is 2.24 bits per heavy atom. The minimum Gasteiger partial charge on any atom is -0.439 e. The van der Waals surface area contributed by atoms with Crippen molar-refractivity contribution < 1.29 is 4.74 Å². The van der Waals surface area contributed by atoms with Crippen molar-refractivity contribution in [2.45, 2.75) is 64.3 Å². The van der Waals surface area contributed by atoms with Crippen molar-refractivity contribution >= 4 is 11.8 Å². The molecule has 0 amide bonds. The van der Waals surface area contributed by atoms with Crippen LogP contribution < -0.4 is 4.74 Å². The second-order valence-corrected chi connectivity index (χ2v) is 9.36. The molecule has 4 heteroatoms. The lowest BCUT2D eigenvalue weighted by molar-refractivity contribution is 0.453. The number of rotatable bonds is 6. The minimum atomic E-state index is 0.171. The summed E-state index contributed by atoms with van der Waals surface area (Å²) in [6.45, 7) is 13.0. The van der Waals surface area contributed by atoms with Gasteiger partial charge >= 0.3 is 0 Å². The number of aromatic nitrogens is 2. The van der Waals surface area contributed by atoms with Crippen LogP contribution in [-0.2, 0) is 17.6 Å². The Labute approximate surface area is 179 Å². The number of nitrogens with zero attached hydrogens (tertiary/aromatic N) is 2. The molecular weight excluding hydrogens is 376 g/mol. The molecule has 0 aliphatic carbocycles. The van der Waals surface area contributed by atoms with Crippen LogP contribution in [0.2, 0.25) is 0 Å². The molecule has 1 heterocycles. The molecule has 0 radical (unpaired) electrons. The van der Waals surface area contributed by atoms with Crippen molar-refractivity contribution in [1.82, 2.24) is 9.97 Å². The second kappa shape index (κ2) is 9.00. The highest BCUT2D eigenvalue weighted by atomic mass is 32.2. The van der Waals surface area contributed by atoms with Gasteiger partial charge in [-0.25, -0.2) is 4.98 Å². The van der Waals surface area contributed by atoms with E-state index in [-0.39, 0.29) is 5.41 Å². The quantitative estimate of drug-likeness (QED) is 0.325. The first-order valence-corrected chi connectivity index (χ1v) is 11.1. The molecule has 0 fully saturated rings. The second-order valence-electron chi connectivity index (χ2n) is 8.42. The summed E-state index contributed by atoms with van der Waals surface area (Å²) >= 11 is 1.64. The van der Waals surface area contributed by atoms with Crippen molar-refractivity contribution in [1.29, 1.82) is 0 Å². The van der Waals surface area contributed by atoms with Gasteiger partial charge in [0.1, 0.15) is 5.75 Å². The summed E-state index contributed by atoms with van der Waals surface area (Å²) < 4.78 is 6.04. The molecule has 152 valence electrons. The standard InChI is InChI=1S/C25H30N2OS/c1-7-21-15-23(28-22-13-8-17(2)18(3)14-22)27-24(26-21)29-16-19-9-11-20(12-10-19)25(4,5)6/h8-15H,7,16H2,1-6H3. The summed E-state index contributed by atoms with van der Waals surface area (Å²) in [7, 11) is 0. The van der Waals surface area contributed by atoms with E-state index in [1.54, 1.807) is 11.8 Å². The van der Waals surface area contributed by atoms with Crippen LogP contribution in [0.5, 0.6) is 11.6 Å². The summed E-state index contributed by atoms with van der Waals surface area (Å²) in [5, 5.41) is 0.753. The molecule has 0 saturated heterocycles. The molecule has 0 spiro atoms. The van der Waals surface area contributed by atoms with Gasteiger partial charge in [0.2, 0.25) is 5.88 Å². The molecule has 29 heavy (non-hydrogen) atoms. The van der Waals surface area contributed by atoms with E-state index in [0.29, 0.717) is 5.88 Å². The maximum absolute atomic E-state index is 6.04. The van der Waals surface area contributed by atoms with Crippen LogP contribution in [0.3, 0.4) is 0 Å². The van der Waals surface area contributed by atoms with Gasteiger partial charge in [-0.1, -0.05) is 69.8 Å². The predicted molar refractivity (Wildman–Crippen MR) is 122 cm³/mol. The molecule has 0 aliphatic heterocycles. The molecular formula is C25H30N2OS. The molecule has 3 nitrogen and oxygen atoms in total. The average Bonchev–Trinajstić information content (AvgIpc) is 2.68. The van der Waals surface area contributed by atoms with E-state index < -0.39 is 0 Å². The molecule has 0 aliphatic rings. The highest BCUT2D eigenvalue weighted by Crippen LogP contribution is 2.28. The molecule has 0 N–H and O–H groups in total. The summed E-state index contributed by atoms with van der Waals surface area (Å²) in [6, 6.07) is 16.9. The number of benzene rings is 2. The molecule has 0 bridgehead atoms. The molecule has 0 unspecified atom stereocenters. The van der Waals surface area contributed by atoms with Gasteiger partial charge in [-0.2, -0.15) is 4.98 Å². The van der Waals surface area contributed by atoms with Crippen LogP contribution in [-0.4, -0.2) is 9.97 Å². The van der Waals surface area contributed by atoms with E-state index in [4.69, 9.17) is 4.74 Å². The van der Waals surface area contributed by atoms with Crippen LogP contribution in [0.25, 0.3) is 0 Å². The van der Waals surface area contributed by atoms with Gasteiger partial charge < -0.3 is 4.74 Å². The van der Waals surface area contributed by atoms with Crippen LogP contribution in [0.4, 0.5) is 0 Å². The van der Waals surface area contributed by atoms with Gasteiger partial charge in [0.25, 0.3) is 0 Å². The topological polar surface area (TPSA) is 35.0 Å². The van der Waals surface area contributed by atoms with E-state index >= 15 is 0 Å². The fourth-order valence-corrected chi connectivity index (χ4v) is 3.72. The summed E-state index contributed by atoms with van der Waals surface area (Å²) in [5.41, 5.74) is 6.24. The van der Waals surface area contributed by atoms with E-state index in [0.717, 1.165) is 28.8 Å². The average molecular weight is 407 g/mol. The molecule has 3 rings (SSSR count). The highest BCUT2D eigenvalue weighted by molar-refractivity contribution is 7.98. The normalized spacial score (nSPS) is 11.5. The van der Waals surface area contributed by atoms with E-state index in [1.165, 1.54) is 22.3 Å². The van der Waals surface area contributed by atoms with Crippen molar-refractivity contribution in [3.05, 3.63) is 76.5 Å². The van der Waals surface area contributed by atoms with Crippen molar-refractivity contribution in [2.75, 3.05) is 0 Å². The highest BCUT2D eigenvalue weighted by Gasteiger charge is 2.13. The Bertz CT molecular complexity index is 975. The van der Waals surface area contributed by atoms with Crippen molar-refractivity contribution in [3.63, 3.8) is 0 Å². The Balaban J connectivity index is 1.73. The van der Waals surface area contributed by atoms with Gasteiger partial charge in [-0.05, 0) is 60.1 Å². The lowest BCUT2D eigenvalue weighted by Gasteiger charge is -2.19. The SMILES string of the molecule is CCc1cc(Oc2ccc(C)c(C)c2)nc(SCc2ccc(C(C)(C)C)cc2)n1. The number of thioether (sulfide) groups is 1. The molecule has 2 aromatic carbocycles. The Morgan fingerprint density at radius 2 is 1.62 bits per heavy atom. The van der Waals surface area contributed by atoms with Gasteiger partial charge in [0.15, 0.2) is 5.16 Å². The van der Waals surface area contributed by atoms with E-state index in [1.807, 2.05) is 18.2 Å². The Hall–Kier alpha value is -2.33. The number of ether oxygens (including phenoxy) is 1. The lowest BCUT2D eigenvalue weighted by Crippen LogP contribution is -2.10. The Morgan fingerprint density at radius 1 is 0.897 bits per heavy atom. The summed E-state index contributed by atoms with van der Waals surface area (Å²) in [4.78, 5) is 9.30. The van der Waals surface area contributed by atoms with E-state index in [9.17, 15) is 0 Å². The largest absolute Gasteiger partial charge is 0.439 e. The zero-order valence-electron chi connectivity index (χ0n) is 18.2. The van der Waals surface area contributed by atoms with Crippen molar-refractivity contribution in [3.8, 4) is 11.6 Å². The summed E-state index contributed by atoms with van der Waals surface area (Å²) in [5.74, 6) is 2.24. The number of hydrogen-bond donors (Lipinski definition) is 0. The smallest absolute Gasteiger partial charge is 0.223 e. The lowest BCUT2D eigenvalue weighted by atomic mass is 9.87. The number of hydrogen-bond acceptors (Lipinski definition) is 4. The molecule has 3 aromatic rings. The van der Waals surface area contributed by atoms with Gasteiger partial charge in [-0.15, -0.1) is 0 Å². The molecule has 1 aromatic heterocycles. The first-order chi connectivity index (χ1) is 13.7. The molecule has 0 atom stereocenters. The fraction of sp³-hybridized carbons (Fsp3) is 0.360. The summed E-state index contributed by atoms with van der Waals surface area (Å²) in [6.07, 6.45) is 0.847. The van der Waals surface area contributed by atoms with Crippen LogP contribution in [0, 0.1) is 13.8 Å². The minimum absolute atomic E-state index is 0.171. The molecule has 0 saturated carbocycles. The fourth-order valence-electron chi connectivity index (χ4n) is 2.89. The van der Waals surface area contributed by atoms with Gasteiger partial charge in [-0.3, -0.25) is 0 Å².